The minimum absolute atomic E-state index is 0.0281. The molecular formula is C17H20O4. The van der Waals surface area contributed by atoms with Gasteiger partial charge in [-0.25, -0.2) is 4.79 Å². The Hall–Kier alpha value is -1.97. The van der Waals surface area contributed by atoms with Crippen molar-refractivity contribution in [2.24, 2.45) is 5.41 Å². The third kappa shape index (κ3) is 3.38. The van der Waals surface area contributed by atoms with Gasteiger partial charge in [0.05, 0.1) is 5.56 Å². The van der Waals surface area contributed by atoms with Crippen LogP contribution in [-0.2, 0) is 9.53 Å². The van der Waals surface area contributed by atoms with E-state index in [0.717, 1.165) is 32.1 Å². The highest BCUT2D eigenvalue weighted by Gasteiger charge is 2.39. The van der Waals surface area contributed by atoms with Crippen LogP contribution in [0.3, 0.4) is 0 Å². The zero-order chi connectivity index (χ0) is 15.3. The normalized spacial score (nSPS) is 16.4. The summed E-state index contributed by atoms with van der Waals surface area (Å²) in [6.45, 7) is 1.85. The molecule has 112 valence electrons. The molecule has 1 aliphatic carbocycles. The van der Waals surface area contributed by atoms with Crippen molar-refractivity contribution in [1.29, 1.82) is 0 Å². The van der Waals surface area contributed by atoms with Crippen LogP contribution in [0.2, 0.25) is 0 Å². The zero-order valence-electron chi connectivity index (χ0n) is 12.3. The maximum absolute atomic E-state index is 12.3. The summed E-state index contributed by atoms with van der Waals surface area (Å²) in [5.41, 5.74) is 0.561. The lowest BCUT2D eigenvalue weighted by Gasteiger charge is -2.25. The van der Waals surface area contributed by atoms with Crippen LogP contribution in [0.15, 0.2) is 24.3 Å². The van der Waals surface area contributed by atoms with Gasteiger partial charge >= 0.3 is 5.97 Å². The molecule has 1 aliphatic rings. The first kappa shape index (κ1) is 15.4. The van der Waals surface area contributed by atoms with Crippen molar-refractivity contribution in [3.63, 3.8) is 0 Å². The van der Waals surface area contributed by atoms with Gasteiger partial charge in [0.25, 0.3) is 0 Å². The number of carbonyl (C=O) groups excluding carboxylic acids is 3. The summed E-state index contributed by atoms with van der Waals surface area (Å²) in [7, 11) is 0. The van der Waals surface area contributed by atoms with Crippen LogP contribution in [-0.4, -0.2) is 24.6 Å². The molecule has 0 saturated heterocycles. The van der Waals surface area contributed by atoms with Gasteiger partial charge in [-0.05, 0) is 31.4 Å². The summed E-state index contributed by atoms with van der Waals surface area (Å²) in [4.78, 5) is 34.8. The fourth-order valence-corrected chi connectivity index (χ4v) is 2.95. The van der Waals surface area contributed by atoms with E-state index >= 15 is 0 Å². The first-order valence-electron chi connectivity index (χ1n) is 7.37. The summed E-state index contributed by atoms with van der Waals surface area (Å²) >= 11 is 0. The zero-order valence-corrected chi connectivity index (χ0v) is 12.3. The van der Waals surface area contributed by atoms with E-state index in [2.05, 4.69) is 0 Å². The van der Waals surface area contributed by atoms with Crippen molar-refractivity contribution in [3.05, 3.63) is 35.4 Å². The molecule has 0 N–H and O–H groups in total. The molecule has 0 amide bonds. The second kappa shape index (κ2) is 6.66. The van der Waals surface area contributed by atoms with E-state index in [9.17, 15) is 14.4 Å². The molecule has 4 heteroatoms. The van der Waals surface area contributed by atoms with Crippen LogP contribution in [0.4, 0.5) is 0 Å². The smallest absolute Gasteiger partial charge is 0.338 e. The van der Waals surface area contributed by atoms with Crippen LogP contribution in [0, 0.1) is 5.41 Å². The maximum Gasteiger partial charge on any atom is 0.338 e. The lowest BCUT2D eigenvalue weighted by atomic mass is 9.79. The minimum atomic E-state index is -0.523. The van der Waals surface area contributed by atoms with E-state index in [-0.39, 0.29) is 17.8 Å². The summed E-state index contributed by atoms with van der Waals surface area (Å²) in [5, 5.41) is 0. The topological polar surface area (TPSA) is 60.4 Å². The molecule has 1 saturated carbocycles. The molecule has 0 bridgehead atoms. The number of benzene rings is 1. The molecule has 1 aromatic rings. The minimum Gasteiger partial charge on any atom is -0.454 e. The quantitative estimate of drug-likeness (QED) is 0.596. The number of aldehydes is 1. The highest BCUT2D eigenvalue weighted by molar-refractivity contribution is 5.93. The molecule has 0 unspecified atom stereocenters. The van der Waals surface area contributed by atoms with Gasteiger partial charge < -0.3 is 4.74 Å². The molecule has 0 atom stereocenters. The van der Waals surface area contributed by atoms with Crippen molar-refractivity contribution in [2.75, 3.05) is 6.61 Å². The van der Waals surface area contributed by atoms with E-state index in [1.807, 2.05) is 6.92 Å². The number of rotatable bonds is 6. The fraction of sp³-hybridized carbons (Fsp3) is 0.471. The van der Waals surface area contributed by atoms with Crippen molar-refractivity contribution < 1.29 is 19.1 Å². The number of esters is 1. The molecule has 1 aromatic carbocycles. The lowest BCUT2D eigenvalue weighted by Crippen LogP contribution is -2.31. The average molecular weight is 288 g/mol. The van der Waals surface area contributed by atoms with Crippen molar-refractivity contribution in [1.82, 2.24) is 0 Å². The monoisotopic (exact) mass is 288 g/mol. The van der Waals surface area contributed by atoms with Crippen molar-refractivity contribution >= 4 is 18.0 Å². The molecule has 2 rings (SSSR count). The van der Waals surface area contributed by atoms with Gasteiger partial charge in [-0.1, -0.05) is 31.9 Å². The van der Waals surface area contributed by atoms with Gasteiger partial charge in [-0.3, -0.25) is 9.59 Å². The van der Waals surface area contributed by atoms with Crippen LogP contribution < -0.4 is 0 Å². The first-order chi connectivity index (χ1) is 10.1. The highest BCUT2D eigenvalue weighted by atomic mass is 16.5. The standard InChI is InChI=1S/C17H20O4/c1-2-17(9-3-4-10-17)15(19)12-21-16(20)14-7-5-13(11-18)6-8-14/h5-8,11H,2-4,9-10,12H2,1H3. The Morgan fingerprint density at radius 3 is 2.33 bits per heavy atom. The Balaban J connectivity index is 1.93. The summed E-state index contributed by atoms with van der Waals surface area (Å²) in [6.07, 6.45) is 5.45. The van der Waals surface area contributed by atoms with Crippen LogP contribution >= 0.6 is 0 Å². The number of carbonyl (C=O) groups is 3. The second-order valence-corrected chi connectivity index (χ2v) is 5.58. The van der Waals surface area contributed by atoms with E-state index in [1.54, 1.807) is 12.1 Å². The first-order valence-corrected chi connectivity index (χ1v) is 7.37. The Bertz CT molecular complexity index is 524. The van der Waals surface area contributed by atoms with Gasteiger partial charge in [0.2, 0.25) is 0 Å². The lowest BCUT2D eigenvalue weighted by molar-refractivity contribution is -0.132. The SMILES string of the molecule is CCC1(C(=O)COC(=O)c2ccc(C=O)cc2)CCCC1. The highest BCUT2D eigenvalue weighted by Crippen LogP contribution is 2.41. The number of ketones is 1. The number of Topliss-reactive ketones (excluding diaryl/α,β-unsaturated/α-hetero) is 1. The average Bonchev–Trinajstić information content (AvgIpc) is 3.02. The molecule has 0 radical (unpaired) electrons. The van der Waals surface area contributed by atoms with E-state index in [4.69, 9.17) is 4.74 Å². The van der Waals surface area contributed by atoms with Gasteiger partial charge in [0, 0.05) is 11.0 Å². The third-order valence-electron chi connectivity index (χ3n) is 4.45. The second-order valence-electron chi connectivity index (χ2n) is 5.58. The molecule has 21 heavy (non-hydrogen) atoms. The Morgan fingerprint density at radius 1 is 1.19 bits per heavy atom. The van der Waals surface area contributed by atoms with E-state index in [1.165, 1.54) is 12.1 Å². The van der Waals surface area contributed by atoms with Crippen molar-refractivity contribution in [3.8, 4) is 0 Å². The maximum atomic E-state index is 12.3. The van der Waals surface area contributed by atoms with Gasteiger partial charge in [-0.15, -0.1) is 0 Å². The third-order valence-corrected chi connectivity index (χ3v) is 4.45. The number of ether oxygens (including phenoxy) is 1. The molecule has 0 heterocycles. The molecular weight excluding hydrogens is 268 g/mol. The molecule has 0 aliphatic heterocycles. The summed E-state index contributed by atoms with van der Waals surface area (Å²) in [5.74, 6) is -0.495. The number of hydrogen-bond donors (Lipinski definition) is 0. The van der Waals surface area contributed by atoms with E-state index in [0.29, 0.717) is 17.4 Å². The van der Waals surface area contributed by atoms with Crippen LogP contribution in [0.5, 0.6) is 0 Å². The number of hydrogen-bond acceptors (Lipinski definition) is 4. The molecule has 0 spiro atoms. The summed E-state index contributed by atoms with van der Waals surface area (Å²) < 4.78 is 5.13. The largest absolute Gasteiger partial charge is 0.454 e. The van der Waals surface area contributed by atoms with Gasteiger partial charge in [0.1, 0.15) is 6.29 Å². The molecule has 1 fully saturated rings. The van der Waals surface area contributed by atoms with Crippen LogP contribution in [0.25, 0.3) is 0 Å². The predicted molar refractivity (Wildman–Crippen MR) is 78.3 cm³/mol. The van der Waals surface area contributed by atoms with Gasteiger partial charge in [0.15, 0.2) is 12.4 Å². The predicted octanol–water partition coefficient (Wildman–Crippen LogP) is 3.20. The Labute approximate surface area is 124 Å². The van der Waals surface area contributed by atoms with Crippen molar-refractivity contribution in [2.45, 2.75) is 39.0 Å². The van der Waals surface area contributed by atoms with E-state index < -0.39 is 5.97 Å². The van der Waals surface area contributed by atoms with Gasteiger partial charge in [-0.2, -0.15) is 0 Å². The fourth-order valence-electron chi connectivity index (χ4n) is 2.95. The molecule has 4 nitrogen and oxygen atoms in total. The molecule has 0 aromatic heterocycles. The van der Waals surface area contributed by atoms with Crippen LogP contribution in [0.1, 0.15) is 59.7 Å². The Morgan fingerprint density at radius 2 is 1.81 bits per heavy atom. The summed E-state index contributed by atoms with van der Waals surface area (Å²) in [6, 6.07) is 6.16. The Kier molecular flexibility index (Phi) is 4.89.